The molecular formula is C49H92O5. The molecule has 0 aromatic rings. The fourth-order valence-corrected chi connectivity index (χ4v) is 7.12. The molecule has 1 N–H and O–H groups in total. The molecule has 5 heteroatoms. The molecular weight excluding hydrogens is 669 g/mol. The van der Waals surface area contributed by atoms with E-state index < -0.39 is 6.10 Å². The summed E-state index contributed by atoms with van der Waals surface area (Å²) in [6.45, 7) is 4.09. The summed E-state index contributed by atoms with van der Waals surface area (Å²) in [5.74, 6) is -0.596. The molecule has 54 heavy (non-hydrogen) atoms. The van der Waals surface area contributed by atoms with E-state index in [0.29, 0.717) is 12.8 Å². The minimum atomic E-state index is -0.774. The molecule has 318 valence electrons. The van der Waals surface area contributed by atoms with Gasteiger partial charge in [0.1, 0.15) is 6.61 Å². The SMILES string of the molecule is CCC/C=C\C/C=C\CCCCCCCC(=O)OC(CO)COC(=O)CCCCCCCCCCCCCCCCCCCCCCCCCCCCC. The number of aliphatic hydroxyl groups is 1. The highest BCUT2D eigenvalue weighted by molar-refractivity contribution is 5.70. The molecule has 0 aliphatic carbocycles. The van der Waals surface area contributed by atoms with Crippen LogP contribution in [-0.4, -0.2) is 36.4 Å². The second-order valence-corrected chi connectivity index (χ2v) is 16.2. The zero-order valence-electron chi connectivity index (χ0n) is 36.3. The van der Waals surface area contributed by atoms with Gasteiger partial charge in [-0.1, -0.05) is 231 Å². The molecule has 0 amide bonds. The summed E-state index contributed by atoms with van der Waals surface area (Å²) in [6, 6.07) is 0. The van der Waals surface area contributed by atoms with Crippen LogP contribution in [0.1, 0.15) is 258 Å². The maximum absolute atomic E-state index is 12.2. The lowest BCUT2D eigenvalue weighted by molar-refractivity contribution is -0.161. The highest BCUT2D eigenvalue weighted by Crippen LogP contribution is 2.17. The lowest BCUT2D eigenvalue weighted by atomic mass is 10.0. The van der Waals surface area contributed by atoms with Gasteiger partial charge in [-0.05, 0) is 38.5 Å². The predicted octanol–water partition coefficient (Wildman–Crippen LogP) is 15.4. The van der Waals surface area contributed by atoms with Crippen LogP contribution in [0.5, 0.6) is 0 Å². The van der Waals surface area contributed by atoms with Gasteiger partial charge in [0, 0.05) is 12.8 Å². The van der Waals surface area contributed by atoms with Gasteiger partial charge in [0.05, 0.1) is 6.61 Å². The van der Waals surface area contributed by atoms with Gasteiger partial charge in [0.2, 0.25) is 0 Å². The zero-order chi connectivity index (χ0) is 39.3. The summed E-state index contributed by atoms with van der Waals surface area (Å²) in [5, 5.41) is 9.58. The highest BCUT2D eigenvalue weighted by atomic mass is 16.6. The van der Waals surface area contributed by atoms with Gasteiger partial charge >= 0.3 is 11.9 Å². The summed E-state index contributed by atoms with van der Waals surface area (Å²) in [6.07, 6.45) is 55.6. The number of carbonyl (C=O) groups excluding carboxylic acids is 2. The van der Waals surface area contributed by atoms with E-state index in [1.165, 1.54) is 173 Å². The van der Waals surface area contributed by atoms with Crippen LogP contribution in [0, 0.1) is 0 Å². The van der Waals surface area contributed by atoms with E-state index in [1.807, 2.05) is 0 Å². The molecule has 0 aliphatic heterocycles. The molecule has 0 saturated heterocycles. The number of aliphatic hydroxyl groups excluding tert-OH is 1. The van der Waals surface area contributed by atoms with Crippen molar-refractivity contribution in [3.05, 3.63) is 24.3 Å². The Kier molecular flexibility index (Phi) is 44.4. The van der Waals surface area contributed by atoms with E-state index >= 15 is 0 Å². The molecule has 0 aromatic carbocycles. The Bertz CT molecular complexity index is 821. The molecule has 1 unspecified atom stereocenters. The molecule has 0 heterocycles. The van der Waals surface area contributed by atoms with Gasteiger partial charge in [-0.15, -0.1) is 0 Å². The van der Waals surface area contributed by atoms with Crippen LogP contribution < -0.4 is 0 Å². The molecule has 0 fully saturated rings. The van der Waals surface area contributed by atoms with Gasteiger partial charge in [0.25, 0.3) is 0 Å². The number of carbonyl (C=O) groups is 2. The van der Waals surface area contributed by atoms with Crippen molar-refractivity contribution in [1.29, 1.82) is 0 Å². The minimum absolute atomic E-state index is 0.0670. The molecule has 1 atom stereocenters. The maximum atomic E-state index is 12.2. The van der Waals surface area contributed by atoms with E-state index in [0.717, 1.165) is 57.8 Å². The van der Waals surface area contributed by atoms with Crippen molar-refractivity contribution in [2.45, 2.75) is 264 Å². The van der Waals surface area contributed by atoms with Gasteiger partial charge in [0.15, 0.2) is 6.10 Å². The summed E-state index contributed by atoms with van der Waals surface area (Å²) < 4.78 is 10.6. The lowest BCUT2D eigenvalue weighted by Crippen LogP contribution is -2.28. The van der Waals surface area contributed by atoms with Gasteiger partial charge in [-0.3, -0.25) is 9.59 Å². The summed E-state index contributed by atoms with van der Waals surface area (Å²) in [4.78, 5) is 24.3. The Morgan fingerprint density at radius 3 is 1.17 bits per heavy atom. The van der Waals surface area contributed by atoms with Crippen molar-refractivity contribution in [3.8, 4) is 0 Å². The third-order valence-electron chi connectivity index (χ3n) is 10.7. The third-order valence-corrected chi connectivity index (χ3v) is 10.7. The van der Waals surface area contributed by atoms with Crippen molar-refractivity contribution in [1.82, 2.24) is 0 Å². The number of allylic oxidation sites excluding steroid dienone is 4. The second-order valence-electron chi connectivity index (χ2n) is 16.2. The quantitative estimate of drug-likeness (QED) is 0.0380. The van der Waals surface area contributed by atoms with Crippen molar-refractivity contribution < 1.29 is 24.2 Å². The smallest absolute Gasteiger partial charge is 0.306 e. The lowest BCUT2D eigenvalue weighted by Gasteiger charge is -2.15. The van der Waals surface area contributed by atoms with Crippen LogP contribution >= 0.6 is 0 Å². The normalized spacial score (nSPS) is 12.3. The summed E-state index contributed by atoms with van der Waals surface area (Å²) in [7, 11) is 0. The number of hydrogen-bond acceptors (Lipinski definition) is 5. The van der Waals surface area contributed by atoms with Gasteiger partial charge < -0.3 is 14.6 Å². The van der Waals surface area contributed by atoms with Gasteiger partial charge in [-0.25, -0.2) is 0 Å². The number of rotatable bonds is 44. The first-order valence-electron chi connectivity index (χ1n) is 23.9. The number of unbranched alkanes of at least 4 members (excludes halogenated alkanes) is 32. The van der Waals surface area contributed by atoms with Crippen LogP contribution in [0.15, 0.2) is 24.3 Å². The van der Waals surface area contributed by atoms with Crippen molar-refractivity contribution in [2.75, 3.05) is 13.2 Å². The van der Waals surface area contributed by atoms with E-state index in [-0.39, 0.29) is 25.2 Å². The number of ether oxygens (including phenoxy) is 2. The molecule has 5 nitrogen and oxygen atoms in total. The first-order valence-corrected chi connectivity index (χ1v) is 23.9. The average Bonchev–Trinajstić information content (AvgIpc) is 3.17. The van der Waals surface area contributed by atoms with E-state index in [1.54, 1.807) is 0 Å². The number of esters is 2. The molecule has 0 aromatic heterocycles. The topological polar surface area (TPSA) is 72.8 Å². The van der Waals surface area contributed by atoms with Crippen LogP contribution in [-0.2, 0) is 19.1 Å². The average molecular weight is 761 g/mol. The monoisotopic (exact) mass is 761 g/mol. The first-order chi connectivity index (χ1) is 26.6. The highest BCUT2D eigenvalue weighted by Gasteiger charge is 2.16. The number of hydrogen-bond donors (Lipinski definition) is 1. The Morgan fingerprint density at radius 1 is 0.426 bits per heavy atom. The van der Waals surface area contributed by atoms with E-state index in [4.69, 9.17) is 9.47 Å². The van der Waals surface area contributed by atoms with Crippen LogP contribution in [0.25, 0.3) is 0 Å². The van der Waals surface area contributed by atoms with Crippen LogP contribution in [0.3, 0.4) is 0 Å². The molecule has 0 bridgehead atoms. The summed E-state index contributed by atoms with van der Waals surface area (Å²) >= 11 is 0. The fourth-order valence-electron chi connectivity index (χ4n) is 7.12. The van der Waals surface area contributed by atoms with Crippen LogP contribution in [0.2, 0.25) is 0 Å². The van der Waals surface area contributed by atoms with E-state index in [2.05, 4.69) is 38.2 Å². The fraction of sp³-hybridized carbons (Fsp3) is 0.878. The minimum Gasteiger partial charge on any atom is -0.462 e. The van der Waals surface area contributed by atoms with Crippen LogP contribution in [0.4, 0.5) is 0 Å². The van der Waals surface area contributed by atoms with Crippen molar-refractivity contribution in [2.24, 2.45) is 0 Å². The maximum Gasteiger partial charge on any atom is 0.306 e. The largest absolute Gasteiger partial charge is 0.462 e. The molecule has 0 saturated carbocycles. The van der Waals surface area contributed by atoms with E-state index in [9.17, 15) is 14.7 Å². The Balaban J connectivity index is 3.42. The Hall–Kier alpha value is -1.62. The predicted molar refractivity (Wildman–Crippen MR) is 233 cm³/mol. The molecule has 0 rings (SSSR count). The summed E-state index contributed by atoms with van der Waals surface area (Å²) in [5.41, 5.74) is 0. The van der Waals surface area contributed by atoms with Crippen molar-refractivity contribution in [3.63, 3.8) is 0 Å². The Morgan fingerprint density at radius 2 is 0.778 bits per heavy atom. The Labute approximate surface area is 336 Å². The standard InChI is InChI=1S/C49H92O5/c1-3-5-7-9-11-13-15-17-18-19-20-21-22-23-24-25-26-27-28-29-30-32-33-35-37-39-41-43-48(51)53-46-47(45-50)54-49(52)44-42-40-38-36-34-31-16-14-12-10-8-6-4-2/h8,10,14,16,47,50H,3-7,9,11-13,15,17-46H2,1-2H3/b10-8-,16-14-. The molecule has 0 spiro atoms. The second kappa shape index (κ2) is 45.8. The zero-order valence-corrected chi connectivity index (χ0v) is 36.3. The third kappa shape index (κ3) is 43.1. The first kappa shape index (κ1) is 52.4. The van der Waals surface area contributed by atoms with Gasteiger partial charge in [-0.2, -0.15) is 0 Å². The molecule has 0 radical (unpaired) electrons. The van der Waals surface area contributed by atoms with Crippen molar-refractivity contribution >= 4 is 11.9 Å². The molecule has 0 aliphatic rings.